The third kappa shape index (κ3) is 3.91. The van der Waals surface area contributed by atoms with Crippen LogP contribution in [0.2, 0.25) is 5.02 Å². The van der Waals surface area contributed by atoms with Gasteiger partial charge < -0.3 is 15.2 Å². The minimum Gasteiger partial charge on any atom is -0.480 e. The quantitative estimate of drug-likeness (QED) is 0.823. The molecule has 0 aliphatic heterocycles. The molecule has 1 atom stereocenters. The fraction of sp³-hybridized carbons (Fsp3) is 0.417. The highest BCUT2D eigenvalue weighted by Crippen LogP contribution is 2.22. The van der Waals surface area contributed by atoms with Crippen molar-refractivity contribution in [1.29, 1.82) is 0 Å². The van der Waals surface area contributed by atoms with E-state index in [9.17, 15) is 9.90 Å². The predicted molar refractivity (Wildman–Crippen MR) is 67.6 cm³/mol. The summed E-state index contributed by atoms with van der Waals surface area (Å²) in [5.41, 5.74) is -0.390. The Balaban J connectivity index is 2.83. The van der Waals surface area contributed by atoms with E-state index in [1.807, 2.05) is 0 Å². The third-order valence-electron chi connectivity index (χ3n) is 2.52. The molecule has 1 unspecified atom stereocenters. The second-order valence-electron chi connectivity index (χ2n) is 4.02. The summed E-state index contributed by atoms with van der Waals surface area (Å²) in [4.78, 5) is 11.3. The van der Waals surface area contributed by atoms with E-state index in [1.54, 1.807) is 38.3 Å². The van der Waals surface area contributed by atoms with Gasteiger partial charge in [-0.1, -0.05) is 17.7 Å². The lowest BCUT2D eigenvalue weighted by atomic mass is 9.98. The maximum absolute atomic E-state index is 11.3. The molecule has 1 aromatic rings. The number of carbonyl (C=O) groups is 1. The van der Waals surface area contributed by atoms with Crippen molar-refractivity contribution < 1.29 is 14.6 Å². The van der Waals surface area contributed by atoms with Crippen LogP contribution >= 0.6 is 11.6 Å². The molecule has 0 heterocycles. The van der Waals surface area contributed by atoms with Crippen LogP contribution in [0.4, 0.5) is 5.69 Å². The summed E-state index contributed by atoms with van der Waals surface area (Å²) < 4.78 is 4.92. The molecule has 4 nitrogen and oxygen atoms in total. The molecular weight excluding hydrogens is 242 g/mol. The Morgan fingerprint density at radius 3 is 2.82 bits per heavy atom. The van der Waals surface area contributed by atoms with Crippen molar-refractivity contribution >= 4 is 23.3 Å². The Hall–Kier alpha value is -1.26. The van der Waals surface area contributed by atoms with Gasteiger partial charge in [0.05, 0.1) is 0 Å². The second kappa shape index (κ2) is 5.89. The number of carboxylic acids is 1. The number of aliphatic carboxylic acids is 1. The van der Waals surface area contributed by atoms with Crippen LogP contribution in [-0.2, 0) is 9.53 Å². The highest BCUT2D eigenvalue weighted by atomic mass is 35.5. The van der Waals surface area contributed by atoms with Gasteiger partial charge in [-0.15, -0.1) is 0 Å². The monoisotopic (exact) mass is 257 g/mol. The number of nitrogens with one attached hydrogen (secondary N) is 1. The molecule has 0 amide bonds. The first kappa shape index (κ1) is 13.8. The largest absolute Gasteiger partial charge is 0.480 e. The number of benzene rings is 1. The zero-order valence-electron chi connectivity index (χ0n) is 9.87. The lowest BCUT2D eigenvalue weighted by Crippen LogP contribution is -2.44. The Bertz CT molecular complexity index is 397. The molecule has 0 aliphatic carbocycles. The summed E-state index contributed by atoms with van der Waals surface area (Å²) in [6, 6.07) is 6.97. The van der Waals surface area contributed by atoms with E-state index in [-0.39, 0.29) is 0 Å². The van der Waals surface area contributed by atoms with Crippen molar-refractivity contribution in [3.8, 4) is 0 Å². The maximum atomic E-state index is 11.3. The van der Waals surface area contributed by atoms with Crippen LogP contribution in [-0.4, -0.2) is 30.3 Å². The molecule has 0 aromatic heterocycles. The zero-order chi connectivity index (χ0) is 12.9. The molecule has 0 aliphatic rings. The lowest BCUT2D eigenvalue weighted by Gasteiger charge is -2.27. The number of ether oxygens (including phenoxy) is 1. The van der Waals surface area contributed by atoms with E-state index in [0.717, 1.165) is 0 Å². The summed E-state index contributed by atoms with van der Waals surface area (Å²) in [5, 5.41) is 12.8. The molecule has 94 valence electrons. The Morgan fingerprint density at radius 2 is 2.29 bits per heavy atom. The summed E-state index contributed by atoms with van der Waals surface area (Å²) in [5.74, 6) is -0.922. The van der Waals surface area contributed by atoms with E-state index in [2.05, 4.69) is 5.32 Å². The van der Waals surface area contributed by atoms with Crippen molar-refractivity contribution in [3.05, 3.63) is 29.3 Å². The number of halogens is 1. The van der Waals surface area contributed by atoms with Gasteiger partial charge in [0.2, 0.25) is 0 Å². The summed E-state index contributed by atoms with van der Waals surface area (Å²) in [6.45, 7) is 1.99. The smallest absolute Gasteiger partial charge is 0.329 e. The van der Waals surface area contributed by atoms with Gasteiger partial charge in [-0.2, -0.15) is 0 Å². The average Bonchev–Trinajstić information content (AvgIpc) is 2.26. The maximum Gasteiger partial charge on any atom is 0.329 e. The Morgan fingerprint density at radius 1 is 1.59 bits per heavy atom. The van der Waals surface area contributed by atoms with Crippen LogP contribution in [0.1, 0.15) is 13.3 Å². The summed E-state index contributed by atoms with van der Waals surface area (Å²) in [7, 11) is 1.54. The molecule has 0 fully saturated rings. The first-order chi connectivity index (χ1) is 7.98. The van der Waals surface area contributed by atoms with Gasteiger partial charge in [0.15, 0.2) is 0 Å². The molecule has 0 bridgehead atoms. The topological polar surface area (TPSA) is 58.6 Å². The minimum absolute atomic E-state index is 0.366. The van der Waals surface area contributed by atoms with E-state index < -0.39 is 11.5 Å². The first-order valence-corrected chi connectivity index (χ1v) is 5.62. The van der Waals surface area contributed by atoms with E-state index in [0.29, 0.717) is 23.7 Å². The van der Waals surface area contributed by atoms with Gasteiger partial charge in [-0.25, -0.2) is 4.79 Å². The molecule has 1 aromatic carbocycles. The fourth-order valence-electron chi connectivity index (χ4n) is 1.41. The first-order valence-electron chi connectivity index (χ1n) is 5.24. The lowest BCUT2D eigenvalue weighted by molar-refractivity contribution is -0.142. The summed E-state index contributed by atoms with van der Waals surface area (Å²) in [6.07, 6.45) is 0.366. The molecular formula is C12H16ClNO3. The van der Waals surface area contributed by atoms with Crippen LogP contribution in [0.5, 0.6) is 0 Å². The van der Waals surface area contributed by atoms with Crippen molar-refractivity contribution in [2.75, 3.05) is 19.0 Å². The third-order valence-corrected chi connectivity index (χ3v) is 2.76. The summed E-state index contributed by atoms with van der Waals surface area (Å²) >= 11 is 5.85. The van der Waals surface area contributed by atoms with Gasteiger partial charge in [-0.3, -0.25) is 0 Å². The fourth-order valence-corrected chi connectivity index (χ4v) is 1.60. The van der Waals surface area contributed by atoms with Gasteiger partial charge in [0.1, 0.15) is 5.54 Å². The van der Waals surface area contributed by atoms with Crippen molar-refractivity contribution in [2.45, 2.75) is 18.9 Å². The molecule has 1 rings (SSSR count). The van der Waals surface area contributed by atoms with Crippen molar-refractivity contribution in [2.24, 2.45) is 0 Å². The number of methoxy groups -OCH3 is 1. The predicted octanol–water partition coefficient (Wildman–Crippen LogP) is 2.63. The van der Waals surface area contributed by atoms with Gasteiger partial charge >= 0.3 is 5.97 Å². The van der Waals surface area contributed by atoms with E-state index in [1.165, 1.54) is 0 Å². The number of hydrogen-bond donors (Lipinski definition) is 2. The van der Waals surface area contributed by atoms with Crippen molar-refractivity contribution in [1.82, 2.24) is 0 Å². The number of hydrogen-bond acceptors (Lipinski definition) is 3. The Labute approximate surface area is 106 Å². The molecule has 0 saturated heterocycles. The minimum atomic E-state index is -1.07. The zero-order valence-corrected chi connectivity index (χ0v) is 10.6. The molecule has 0 radical (unpaired) electrons. The Kier molecular flexibility index (Phi) is 4.78. The van der Waals surface area contributed by atoms with Gasteiger partial charge in [0, 0.05) is 30.8 Å². The van der Waals surface area contributed by atoms with Gasteiger partial charge in [-0.05, 0) is 25.1 Å². The second-order valence-corrected chi connectivity index (χ2v) is 4.45. The molecule has 0 spiro atoms. The van der Waals surface area contributed by atoms with Crippen LogP contribution in [0, 0.1) is 0 Å². The molecule has 0 saturated carbocycles. The van der Waals surface area contributed by atoms with Crippen molar-refractivity contribution in [3.63, 3.8) is 0 Å². The SMILES string of the molecule is COCCC(C)(Nc1cccc(Cl)c1)C(=O)O. The van der Waals surface area contributed by atoms with Gasteiger partial charge in [0.25, 0.3) is 0 Å². The van der Waals surface area contributed by atoms with E-state index >= 15 is 0 Å². The molecule has 2 N–H and O–H groups in total. The van der Waals surface area contributed by atoms with E-state index in [4.69, 9.17) is 16.3 Å². The molecule has 5 heteroatoms. The number of rotatable bonds is 6. The highest BCUT2D eigenvalue weighted by molar-refractivity contribution is 6.30. The molecule has 17 heavy (non-hydrogen) atoms. The number of carboxylic acid groups (broad SMARTS) is 1. The van der Waals surface area contributed by atoms with Crippen LogP contribution in [0.25, 0.3) is 0 Å². The normalized spacial score (nSPS) is 14.1. The standard InChI is InChI=1S/C12H16ClNO3/c1-12(11(15)16,6-7-17-2)14-10-5-3-4-9(13)8-10/h3-5,8,14H,6-7H2,1-2H3,(H,15,16). The van der Waals surface area contributed by atoms with Crippen LogP contribution in [0.15, 0.2) is 24.3 Å². The number of anilines is 1. The highest BCUT2D eigenvalue weighted by Gasteiger charge is 2.32. The average molecular weight is 258 g/mol. The van der Waals surface area contributed by atoms with Crippen LogP contribution in [0.3, 0.4) is 0 Å². The van der Waals surface area contributed by atoms with Crippen LogP contribution < -0.4 is 5.32 Å².